The molecule has 100 valence electrons. The molecule has 0 spiro atoms. The lowest BCUT2D eigenvalue weighted by Crippen LogP contribution is -2.06. The highest BCUT2D eigenvalue weighted by atomic mass is 19.1. The molecule has 0 aliphatic heterocycles. The molecule has 0 saturated heterocycles. The SMILES string of the molecule is CNCc1cc(C)nc(Oc2cccc(C)c2F)c1. The minimum atomic E-state index is -0.346. The highest BCUT2D eigenvalue weighted by Gasteiger charge is 2.08. The van der Waals surface area contributed by atoms with Gasteiger partial charge in [0.2, 0.25) is 5.88 Å². The standard InChI is InChI=1S/C15H17FN2O/c1-10-5-4-6-13(15(10)16)19-14-8-12(9-17-3)7-11(2)18-14/h4-8,17H,9H2,1-3H3. The van der Waals surface area contributed by atoms with Crippen molar-refractivity contribution < 1.29 is 9.13 Å². The summed E-state index contributed by atoms with van der Waals surface area (Å²) in [6, 6.07) is 8.85. The number of hydrogen-bond donors (Lipinski definition) is 1. The number of rotatable bonds is 4. The molecular formula is C15H17FN2O. The van der Waals surface area contributed by atoms with Gasteiger partial charge < -0.3 is 10.1 Å². The van der Waals surface area contributed by atoms with Crippen LogP contribution in [0.4, 0.5) is 4.39 Å². The third-order valence-corrected chi connectivity index (χ3v) is 2.74. The van der Waals surface area contributed by atoms with Crippen molar-refractivity contribution in [1.82, 2.24) is 10.3 Å². The van der Waals surface area contributed by atoms with Crippen LogP contribution in [0.15, 0.2) is 30.3 Å². The van der Waals surface area contributed by atoms with Gasteiger partial charge in [0.1, 0.15) is 0 Å². The lowest BCUT2D eigenvalue weighted by atomic mass is 10.2. The van der Waals surface area contributed by atoms with Crippen LogP contribution in [-0.4, -0.2) is 12.0 Å². The first kappa shape index (κ1) is 13.5. The van der Waals surface area contributed by atoms with E-state index in [1.54, 1.807) is 25.1 Å². The summed E-state index contributed by atoms with van der Waals surface area (Å²) >= 11 is 0. The maximum atomic E-state index is 13.9. The molecular weight excluding hydrogens is 243 g/mol. The Morgan fingerprint density at radius 1 is 1.26 bits per heavy atom. The number of halogens is 1. The molecule has 0 saturated carbocycles. The number of hydrogen-bond acceptors (Lipinski definition) is 3. The lowest BCUT2D eigenvalue weighted by molar-refractivity contribution is 0.424. The van der Waals surface area contributed by atoms with Crippen LogP contribution in [0, 0.1) is 19.7 Å². The van der Waals surface area contributed by atoms with E-state index in [-0.39, 0.29) is 11.6 Å². The minimum absolute atomic E-state index is 0.202. The van der Waals surface area contributed by atoms with Crippen LogP contribution in [-0.2, 0) is 6.54 Å². The molecule has 0 amide bonds. The van der Waals surface area contributed by atoms with Gasteiger partial charge in [-0.3, -0.25) is 0 Å². The Bertz CT molecular complexity index is 584. The Morgan fingerprint density at radius 3 is 2.79 bits per heavy atom. The molecule has 4 heteroatoms. The smallest absolute Gasteiger partial charge is 0.219 e. The first-order valence-electron chi connectivity index (χ1n) is 6.15. The van der Waals surface area contributed by atoms with Crippen molar-refractivity contribution >= 4 is 0 Å². The van der Waals surface area contributed by atoms with Gasteiger partial charge in [-0.05, 0) is 44.2 Å². The van der Waals surface area contributed by atoms with Crippen molar-refractivity contribution in [3.05, 3.63) is 53.0 Å². The van der Waals surface area contributed by atoms with Crippen LogP contribution in [0.25, 0.3) is 0 Å². The highest BCUT2D eigenvalue weighted by molar-refractivity contribution is 5.34. The van der Waals surface area contributed by atoms with Crippen molar-refractivity contribution in [2.45, 2.75) is 20.4 Å². The highest BCUT2D eigenvalue weighted by Crippen LogP contribution is 2.25. The molecule has 1 N–H and O–H groups in total. The first-order chi connectivity index (χ1) is 9.10. The Balaban J connectivity index is 2.30. The summed E-state index contributed by atoms with van der Waals surface area (Å²) in [5, 5.41) is 3.07. The predicted molar refractivity (Wildman–Crippen MR) is 72.9 cm³/mol. The first-order valence-corrected chi connectivity index (χ1v) is 6.15. The van der Waals surface area contributed by atoms with E-state index >= 15 is 0 Å². The molecule has 1 aromatic carbocycles. The zero-order valence-corrected chi connectivity index (χ0v) is 11.3. The average Bonchev–Trinajstić information content (AvgIpc) is 2.35. The van der Waals surface area contributed by atoms with E-state index in [0.717, 1.165) is 17.8 Å². The van der Waals surface area contributed by atoms with Crippen molar-refractivity contribution in [2.75, 3.05) is 7.05 Å². The fourth-order valence-corrected chi connectivity index (χ4v) is 1.88. The van der Waals surface area contributed by atoms with Crippen LogP contribution in [0.1, 0.15) is 16.8 Å². The van der Waals surface area contributed by atoms with Gasteiger partial charge in [0.25, 0.3) is 0 Å². The van der Waals surface area contributed by atoms with Crippen molar-refractivity contribution in [3.63, 3.8) is 0 Å². The molecule has 1 heterocycles. The van der Waals surface area contributed by atoms with E-state index < -0.39 is 0 Å². The maximum Gasteiger partial charge on any atom is 0.219 e. The normalized spacial score (nSPS) is 10.5. The second-order valence-electron chi connectivity index (χ2n) is 4.47. The summed E-state index contributed by atoms with van der Waals surface area (Å²) in [5.74, 6) is 0.268. The minimum Gasteiger partial charge on any atom is -0.436 e. The molecule has 0 aliphatic rings. The van der Waals surface area contributed by atoms with Gasteiger partial charge in [0.15, 0.2) is 11.6 Å². The fraction of sp³-hybridized carbons (Fsp3) is 0.267. The Hall–Kier alpha value is -1.94. The number of pyridine rings is 1. The van der Waals surface area contributed by atoms with E-state index in [9.17, 15) is 4.39 Å². The summed E-state index contributed by atoms with van der Waals surface area (Å²) in [5.41, 5.74) is 2.45. The zero-order chi connectivity index (χ0) is 13.8. The quantitative estimate of drug-likeness (QED) is 0.915. The van der Waals surface area contributed by atoms with Crippen LogP contribution in [0.5, 0.6) is 11.6 Å². The molecule has 0 unspecified atom stereocenters. The largest absolute Gasteiger partial charge is 0.436 e. The molecule has 2 rings (SSSR count). The van der Waals surface area contributed by atoms with Crippen LogP contribution < -0.4 is 10.1 Å². The lowest BCUT2D eigenvalue weighted by Gasteiger charge is -2.09. The van der Waals surface area contributed by atoms with Gasteiger partial charge >= 0.3 is 0 Å². The number of nitrogens with zero attached hydrogens (tertiary/aromatic N) is 1. The average molecular weight is 260 g/mol. The third kappa shape index (κ3) is 3.29. The third-order valence-electron chi connectivity index (χ3n) is 2.74. The number of nitrogens with one attached hydrogen (secondary N) is 1. The van der Waals surface area contributed by atoms with E-state index in [4.69, 9.17) is 4.74 Å². The Labute approximate surface area is 112 Å². The summed E-state index contributed by atoms with van der Waals surface area (Å²) in [6.45, 7) is 4.31. The number of ether oxygens (including phenoxy) is 1. The molecule has 0 bridgehead atoms. The summed E-state index contributed by atoms with van der Waals surface area (Å²) in [4.78, 5) is 4.27. The van der Waals surface area contributed by atoms with E-state index in [2.05, 4.69) is 10.3 Å². The maximum absolute atomic E-state index is 13.9. The predicted octanol–water partition coefficient (Wildman–Crippen LogP) is 3.35. The van der Waals surface area contributed by atoms with Gasteiger partial charge in [-0.25, -0.2) is 9.37 Å². The van der Waals surface area contributed by atoms with Crippen LogP contribution >= 0.6 is 0 Å². The van der Waals surface area contributed by atoms with Crippen LogP contribution in [0.3, 0.4) is 0 Å². The van der Waals surface area contributed by atoms with Crippen molar-refractivity contribution in [1.29, 1.82) is 0 Å². The van der Waals surface area contributed by atoms with E-state index in [0.29, 0.717) is 11.4 Å². The summed E-state index contributed by atoms with van der Waals surface area (Å²) in [6.07, 6.45) is 0. The number of aromatic nitrogens is 1. The van der Waals surface area contributed by atoms with Gasteiger partial charge in [-0.1, -0.05) is 12.1 Å². The molecule has 19 heavy (non-hydrogen) atoms. The molecule has 3 nitrogen and oxygen atoms in total. The fourth-order valence-electron chi connectivity index (χ4n) is 1.88. The van der Waals surface area contributed by atoms with E-state index in [1.165, 1.54) is 0 Å². The van der Waals surface area contributed by atoms with Gasteiger partial charge in [-0.15, -0.1) is 0 Å². The summed E-state index contributed by atoms with van der Waals surface area (Å²) < 4.78 is 19.4. The zero-order valence-electron chi connectivity index (χ0n) is 11.3. The molecule has 0 aliphatic carbocycles. The van der Waals surface area contributed by atoms with Crippen LogP contribution in [0.2, 0.25) is 0 Å². The second-order valence-corrected chi connectivity index (χ2v) is 4.47. The Morgan fingerprint density at radius 2 is 2.05 bits per heavy atom. The number of benzene rings is 1. The molecule has 1 aromatic heterocycles. The second kappa shape index (κ2) is 5.80. The summed E-state index contributed by atoms with van der Waals surface area (Å²) in [7, 11) is 1.87. The van der Waals surface area contributed by atoms with E-state index in [1.807, 2.05) is 26.1 Å². The molecule has 0 fully saturated rings. The van der Waals surface area contributed by atoms with Gasteiger partial charge in [-0.2, -0.15) is 0 Å². The van der Waals surface area contributed by atoms with Gasteiger partial charge in [0, 0.05) is 18.3 Å². The monoisotopic (exact) mass is 260 g/mol. The molecule has 0 atom stereocenters. The molecule has 0 radical (unpaired) electrons. The van der Waals surface area contributed by atoms with Gasteiger partial charge in [0.05, 0.1) is 0 Å². The Kier molecular flexibility index (Phi) is 4.12. The van der Waals surface area contributed by atoms with Crippen molar-refractivity contribution in [2.24, 2.45) is 0 Å². The van der Waals surface area contributed by atoms with Crippen molar-refractivity contribution in [3.8, 4) is 11.6 Å². The number of aryl methyl sites for hydroxylation is 2. The molecule has 2 aromatic rings. The topological polar surface area (TPSA) is 34.2 Å².